The summed E-state index contributed by atoms with van der Waals surface area (Å²) in [6.45, 7) is 2.51. The van der Waals surface area contributed by atoms with Crippen LogP contribution < -0.4 is 11.1 Å². The van der Waals surface area contributed by atoms with E-state index >= 15 is 0 Å². The number of anilines is 1. The van der Waals surface area contributed by atoms with Gasteiger partial charge in [0.1, 0.15) is 5.00 Å². The fraction of sp³-hybridized carbons (Fsp3) is 0.500. The molecule has 150 valence electrons. The number of primary amides is 1. The number of carbonyl (C=O) groups is 2. The number of nitrogens with zero attached hydrogens (tertiary/aromatic N) is 1. The molecule has 1 aliphatic carbocycles. The normalized spacial score (nSPS) is 18.5. The van der Waals surface area contributed by atoms with Crippen molar-refractivity contribution in [1.29, 1.82) is 0 Å². The maximum Gasteiger partial charge on any atom is 0.251 e. The highest BCUT2D eigenvalue weighted by atomic mass is 32.1. The largest absolute Gasteiger partial charge is 0.377 e. The van der Waals surface area contributed by atoms with Gasteiger partial charge in [0.2, 0.25) is 5.91 Å². The Morgan fingerprint density at radius 2 is 2.21 bits per heavy atom. The smallest absolute Gasteiger partial charge is 0.251 e. The maximum atomic E-state index is 12.8. The van der Waals surface area contributed by atoms with E-state index in [2.05, 4.69) is 16.3 Å². The molecule has 0 bridgehead atoms. The molecule has 0 unspecified atom stereocenters. The number of amides is 2. The molecule has 0 spiro atoms. The van der Waals surface area contributed by atoms with Crippen LogP contribution in [0, 0.1) is 0 Å². The van der Waals surface area contributed by atoms with Gasteiger partial charge in [-0.25, -0.2) is 0 Å². The van der Waals surface area contributed by atoms with E-state index in [1.165, 1.54) is 21.1 Å². The molecular formula is C20H25N3O3S2. The number of fused-ring (bicyclic) bond motifs is 1. The Morgan fingerprint density at radius 1 is 1.32 bits per heavy atom. The zero-order valence-corrected chi connectivity index (χ0v) is 17.4. The third-order valence-corrected chi connectivity index (χ3v) is 7.30. The molecule has 3 N–H and O–H groups in total. The number of carbonyl (C=O) groups excluding carboxylic acids is 2. The molecule has 2 aliphatic rings. The van der Waals surface area contributed by atoms with Crippen LogP contribution in [0.15, 0.2) is 17.5 Å². The Labute approximate surface area is 172 Å². The second-order valence-corrected chi connectivity index (χ2v) is 9.50. The quantitative estimate of drug-likeness (QED) is 0.689. The first-order valence-corrected chi connectivity index (χ1v) is 11.4. The van der Waals surface area contributed by atoms with Crippen LogP contribution in [0.3, 0.4) is 0 Å². The number of nitrogens with two attached hydrogens (primary N) is 1. The van der Waals surface area contributed by atoms with Gasteiger partial charge in [-0.15, -0.1) is 22.7 Å². The molecule has 8 heteroatoms. The lowest BCUT2D eigenvalue weighted by Crippen LogP contribution is -2.37. The predicted molar refractivity (Wildman–Crippen MR) is 112 cm³/mol. The van der Waals surface area contributed by atoms with Crippen molar-refractivity contribution in [2.24, 2.45) is 5.73 Å². The van der Waals surface area contributed by atoms with E-state index in [0.717, 1.165) is 50.8 Å². The van der Waals surface area contributed by atoms with Crippen LogP contribution >= 0.6 is 22.7 Å². The van der Waals surface area contributed by atoms with Crippen molar-refractivity contribution >= 4 is 39.5 Å². The summed E-state index contributed by atoms with van der Waals surface area (Å²) in [5, 5.41) is 5.61. The van der Waals surface area contributed by atoms with E-state index in [1.54, 1.807) is 11.3 Å². The van der Waals surface area contributed by atoms with E-state index in [-0.39, 0.29) is 18.6 Å². The van der Waals surface area contributed by atoms with E-state index in [9.17, 15) is 9.59 Å². The summed E-state index contributed by atoms with van der Waals surface area (Å²) >= 11 is 3.19. The molecule has 1 atom stereocenters. The van der Waals surface area contributed by atoms with Gasteiger partial charge >= 0.3 is 0 Å². The van der Waals surface area contributed by atoms with Crippen molar-refractivity contribution in [3.63, 3.8) is 0 Å². The fourth-order valence-electron chi connectivity index (χ4n) is 4.01. The lowest BCUT2D eigenvalue weighted by Gasteiger charge is -2.24. The molecule has 28 heavy (non-hydrogen) atoms. The molecule has 2 amide bonds. The van der Waals surface area contributed by atoms with Gasteiger partial charge in [0.15, 0.2) is 0 Å². The van der Waals surface area contributed by atoms with Crippen molar-refractivity contribution in [3.05, 3.63) is 38.4 Å². The van der Waals surface area contributed by atoms with Crippen molar-refractivity contribution < 1.29 is 14.3 Å². The molecular weight excluding hydrogens is 394 g/mol. The summed E-state index contributed by atoms with van der Waals surface area (Å²) in [7, 11) is 0. The van der Waals surface area contributed by atoms with Gasteiger partial charge in [0, 0.05) is 29.5 Å². The van der Waals surface area contributed by atoms with E-state index in [1.807, 2.05) is 11.4 Å². The van der Waals surface area contributed by atoms with Gasteiger partial charge in [0.25, 0.3) is 5.91 Å². The van der Waals surface area contributed by atoms with Crippen LogP contribution in [0.1, 0.15) is 44.9 Å². The Bertz CT molecular complexity index is 841. The molecule has 3 heterocycles. The van der Waals surface area contributed by atoms with Crippen LogP contribution in [-0.4, -0.2) is 42.5 Å². The van der Waals surface area contributed by atoms with Crippen molar-refractivity contribution in [2.75, 3.05) is 25.0 Å². The summed E-state index contributed by atoms with van der Waals surface area (Å²) in [6.07, 6.45) is 5.16. The first-order chi connectivity index (χ1) is 13.6. The minimum absolute atomic E-state index is 0.114. The van der Waals surface area contributed by atoms with E-state index in [0.29, 0.717) is 17.1 Å². The van der Waals surface area contributed by atoms with Gasteiger partial charge < -0.3 is 15.8 Å². The van der Waals surface area contributed by atoms with E-state index < -0.39 is 5.91 Å². The Hall–Kier alpha value is -1.74. The zero-order chi connectivity index (χ0) is 19.5. The molecule has 0 aromatic carbocycles. The first-order valence-electron chi connectivity index (χ1n) is 9.70. The second kappa shape index (κ2) is 8.73. The molecule has 0 saturated carbocycles. The molecule has 1 aliphatic heterocycles. The van der Waals surface area contributed by atoms with Gasteiger partial charge in [-0.05, 0) is 49.1 Å². The number of ether oxygens (including phenoxy) is 1. The molecule has 2 aromatic rings. The predicted octanol–water partition coefficient (Wildman–Crippen LogP) is 3.02. The summed E-state index contributed by atoms with van der Waals surface area (Å²) in [6, 6.07) is 4.11. The first kappa shape index (κ1) is 19.6. The Kier molecular flexibility index (Phi) is 6.10. The maximum absolute atomic E-state index is 12.8. The number of nitrogens with one attached hydrogen (secondary N) is 1. The SMILES string of the molecule is NC(=O)c1c(NC(=O)CN(Cc2cccs2)C[C@@H]2CCCO2)sc2c1CCC2. The Morgan fingerprint density at radius 3 is 2.93 bits per heavy atom. The lowest BCUT2D eigenvalue weighted by molar-refractivity contribution is -0.117. The standard InChI is InChI=1S/C20H25N3O3S2/c21-19(25)18-15-6-1-7-16(15)28-20(18)22-17(24)12-23(10-13-4-2-8-26-13)11-14-5-3-9-27-14/h3,5,9,13H,1-2,4,6-8,10-12H2,(H2,21,25)(H,22,24)/t13-/m0/s1. The molecule has 4 rings (SSSR count). The van der Waals surface area contributed by atoms with Crippen LogP contribution in [0.2, 0.25) is 0 Å². The molecule has 1 fully saturated rings. The average molecular weight is 420 g/mol. The number of aryl methyl sites for hydroxylation is 1. The monoisotopic (exact) mass is 419 g/mol. The van der Waals surface area contributed by atoms with Gasteiger partial charge in [-0.3, -0.25) is 14.5 Å². The molecule has 2 aromatic heterocycles. The van der Waals surface area contributed by atoms with Crippen LogP contribution in [-0.2, 0) is 28.9 Å². The summed E-state index contributed by atoms with van der Waals surface area (Å²) < 4.78 is 5.77. The van der Waals surface area contributed by atoms with Crippen LogP contribution in [0.4, 0.5) is 5.00 Å². The third-order valence-electron chi connectivity index (χ3n) is 5.23. The van der Waals surface area contributed by atoms with Gasteiger partial charge in [0.05, 0.1) is 18.2 Å². The average Bonchev–Trinajstić information content (AvgIpc) is 3.39. The summed E-state index contributed by atoms with van der Waals surface area (Å²) in [4.78, 5) is 29.3. The third kappa shape index (κ3) is 4.46. The van der Waals surface area contributed by atoms with Gasteiger partial charge in [-0.2, -0.15) is 0 Å². The van der Waals surface area contributed by atoms with E-state index in [4.69, 9.17) is 10.5 Å². The zero-order valence-electron chi connectivity index (χ0n) is 15.7. The van der Waals surface area contributed by atoms with Crippen molar-refractivity contribution in [3.8, 4) is 0 Å². The highest BCUT2D eigenvalue weighted by Crippen LogP contribution is 2.38. The highest BCUT2D eigenvalue weighted by Gasteiger charge is 2.27. The minimum Gasteiger partial charge on any atom is -0.377 e. The van der Waals surface area contributed by atoms with Crippen molar-refractivity contribution in [1.82, 2.24) is 4.90 Å². The van der Waals surface area contributed by atoms with Crippen LogP contribution in [0.25, 0.3) is 0 Å². The number of hydrogen-bond acceptors (Lipinski definition) is 6. The van der Waals surface area contributed by atoms with Gasteiger partial charge in [-0.1, -0.05) is 6.07 Å². The van der Waals surface area contributed by atoms with Crippen molar-refractivity contribution in [2.45, 2.75) is 44.8 Å². The fourth-order valence-corrected chi connectivity index (χ4v) is 6.06. The topological polar surface area (TPSA) is 84.7 Å². The summed E-state index contributed by atoms with van der Waals surface area (Å²) in [5.74, 6) is -0.568. The number of thiophene rings is 2. The second-order valence-electron chi connectivity index (χ2n) is 7.36. The summed E-state index contributed by atoms with van der Waals surface area (Å²) in [5.41, 5.74) is 7.14. The Balaban J connectivity index is 1.44. The highest BCUT2D eigenvalue weighted by molar-refractivity contribution is 7.17. The number of rotatable bonds is 8. The molecule has 6 nitrogen and oxygen atoms in total. The molecule has 0 radical (unpaired) electrons. The lowest BCUT2D eigenvalue weighted by atomic mass is 10.1. The minimum atomic E-state index is -0.454. The number of hydrogen-bond donors (Lipinski definition) is 2. The molecule has 1 saturated heterocycles. The van der Waals surface area contributed by atoms with Crippen LogP contribution in [0.5, 0.6) is 0 Å².